The van der Waals surface area contributed by atoms with Crippen LogP contribution in [0.4, 0.5) is 4.79 Å². The molecule has 2 unspecified atom stereocenters. The average Bonchev–Trinajstić information content (AvgIpc) is 2.57. The molecule has 3 N–H and O–H groups in total. The number of carbonyl (C=O) groups is 1. The van der Waals surface area contributed by atoms with Crippen LogP contribution in [-0.4, -0.2) is 68.9 Å². The molecular formula is C21H44IN5O2. The molecule has 0 saturated carbocycles. The Morgan fingerprint density at radius 2 is 1.55 bits per heavy atom. The van der Waals surface area contributed by atoms with Gasteiger partial charge in [0.05, 0.1) is 0 Å². The van der Waals surface area contributed by atoms with E-state index < -0.39 is 5.60 Å². The summed E-state index contributed by atoms with van der Waals surface area (Å²) in [7, 11) is 1.78. The molecule has 1 aliphatic heterocycles. The second-order valence-corrected chi connectivity index (χ2v) is 9.12. The van der Waals surface area contributed by atoms with Gasteiger partial charge in [-0.2, -0.15) is 0 Å². The van der Waals surface area contributed by atoms with E-state index in [1.807, 2.05) is 20.8 Å². The predicted octanol–water partition coefficient (Wildman–Crippen LogP) is 3.44. The van der Waals surface area contributed by atoms with Gasteiger partial charge in [-0.25, -0.2) is 4.79 Å². The highest BCUT2D eigenvalue weighted by molar-refractivity contribution is 14.0. The smallest absolute Gasteiger partial charge is 0.407 e. The van der Waals surface area contributed by atoms with Crippen molar-refractivity contribution in [2.75, 3.05) is 46.3 Å². The minimum Gasteiger partial charge on any atom is -0.444 e. The number of aliphatic imine (C=N–C) groups is 1. The lowest BCUT2D eigenvalue weighted by molar-refractivity contribution is 0.0527. The number of nitrogens with zero attached hydrogens (tertiary/aromatic N) is 2. The number of unbranched alkanes of at least 4 members (excludes halogenated alkanes) is 1. The molecule has 0 bridgehead atoms. The largest absolute Gasteiger partial charge is 0.444 e. The van der Waals surface area contributed by atoms with Gasteiger partial charge >= 0.3 is 6.09 Å². The van der Waals surface area contributed by atoms with Crippen molar-refractivity contribution >= 4 is 36.0 Å². The van der Waals surface area contributed by atoms with Gasteiger partial charge in [0, 0.05) is 39.8 Å². The van der Waals surface area contributed by atoms with Crippen LogP contribution in [0.1, 0.15) is 60.3 Å². The van der Waals surface area contributed by atoms with Crippen molar-refractivity contribution in [1.29, 1.82) is 0 Å². The molecule has 172 valence electrons. The summed E-state index contributed by atoms with van der Waals surface area (Å²) in [5.41, 5.74) is -0.460. The highest BCUT2D eigenvalue weighted by Gasteiger charge is 2.21. The van der Waals surface area contributed by atoms with Crippen LogP contribution in [0.2, 0.25) is 0 Å². The summed E-state index contributed by atoms with van der Waals surface area (Å²) >= 11 is 0. The second kappa shape index (κ2) is 15.1. The van der Waals surface area contributed by atoms with Crippen molar-refractivity contribution in [3.05, 3.63) is 0 Å². The molecule has 7 nitrogen and oxygen atoms in total. The Balaban J connectivity index is 0.00000784. The van der Waals surface area contributed by atoms with E-state index in [0.29, 0.717) is 6.54 Å². The standard InChI is InChI=1S/C21H43N5O2.HI/c1-17-14-18(2)16-26(15-17)13-8-7-10-23-19(22-6)24-11-9-12-25-20(27)28-21(3,4)5;/h17-18H,7-16H2,1-6H3,(H,25,27)(H2,22,23,24);1H. The third kappa shape index (κ3) is 14.8. The zero-order chi connectivity index (χ0) is 21.0. The lowest BCUT2D eigenvalue weighted by Gasteiger charge is -2.34. The van der Waals surface area contributed by atoms with Crippen molar-refractivity contribution in [2.45, 2.75) is 65.9 Å². The maximum atomic E-state index is 11.6. The molecule has 1 heterocycles. The molecule has 1 fully saturated rings. The Kier molecular flexibility index (Phi) is 14.7. The average molecular weight is 526 g/mol. The molecule has 29 heavy (non-hydrogen) atoms. The molecule has 2 atom stereocenters. The first-order valence-corrected chi connectivity index (χ1v) is 10.8. The van der Waals surface area contributed by atoms with Crippen molar-refractivity contribution in [3.63, 3.8) is 0 Å². The first-order chi connectivity index (χ1) is 13.2. The number of halogens is 1. The van der Waals surface area contributed by atoms with Gasteiger partial charge in [0.15, 0.2) is 5.96 Å². The summed E-state index contributed by atoms with van der Waals surface area (Å²) in [6.07, 6.45) is 4.16. The molecule has 1 saturated heterocycles. The highest BCUT2D eigenvalue weighted by atomic mass is 127. The number of ether oxygens (including phenoxy) is 1. The van der Waals surface area contributed by atoms with Crippen LogP contribution in [0.3, 0.4) is 0 Å². The van der Waals surface area contributed by atoms with E-state index in [1.54, 1.807) is 7.05 Å². The number of piperidine rings is 1. The first kappa shape index (κ1) is 28.2. The summed E-state index contributed by atoms with van der Waals surface area (Å²) in [6, 6.07) is 0. The van der Waals surface area contributed by atoms with Crippen molar-refractivity contribution in [3.8, 4) is 0 Å². The Labute approximate surface area is 195 Å². The van der Waals surface area contributed by atoms with E-state index >= 15 is 0 Å². The van der Waals surface area contributed by atoms with Crippen LogP contribution >= 0.6 is 24.0 Å². The van der Waals surface area contributed by atoms with Crippen LogP contribution in [0.25, 0.3) is 0 Å². The summed E-state index contributed by atoms with van der Waals surface area (Å²) in [4.78, 5) is 18.4. The lowest BCUT2D eigenvalue weighted by Crippen LogP contribution is -2.40. The van der Waals surface area contributed by atoms with Gasteiger partial charge in [-0.3, -0.25) is 4.99 Å². The van der Waals surface area contributed by atoms with Gasteiger partial charge < -0.3 is 25.6 Å². The number of hydrogen-bond donors (Lipinski definition) is 3. The van der Waals surface area contributed by atoms with E-state index in [0.717, 1.165) is 43.7 Å². The van der Waals surface area contributed by atoms with E-state index in [2.05, 4.69) is 39.7 Å². The van der Waals surface area contributed by atoms with Crippen molar-refractivity contribution in [1.82, 2.24) is 20.9 Å². The van der Waals surface area contributed by atoms with Crippen LogP contribution in [0.15, 0.2) is 4.99 Å². The van der Waals surface area contributed by atoms with E-state index in [4.69, 9.17) is 4.74 Å². The van der Waals surface area contributed by atoms with Gasteiger partial charge in [0.1, 0.15) is 5.60 Å². The summed E-state index contributed by atoms with van der Waals surface area (Å²) < 4.78 is 5.21. The van der Waals surface area contributed by atoms with Gasteiger partial charge in [0.2, 0.25) is 0 Å². The molecule has 1 aliphatic rings. The molecule has 1 rings (SSSR count). The number of hydrogen-bond acceptors (Lipinski definition) is 4. The van der Waals surface area contributed by atoms with Gasteiger partial charge in [0.25, 0.3) is 0 Å². The Morgan fingerprint density at radius 1 is 1.00 bits per heavy atom. The van der Waals surface area contributed by atoms with Gasteiger partial charge in [-0.15, -0.1) is 24.0 Å². The lowest BCUT2D eigenvalue weighted by atomic mass is 9.92. The Hall–Kier alpha value is -0.770. The van der Waals surface area contributed by atoms with Crippen molar-refractivity contribution < 1.29 is 9.53 Å². The molecule has 8 heteroatoms. The molecule has 0 aromatic rings. The minimum absolute atomic E-state index is 0. The number of amides is 1. The fraction of sp³-hybridized carbons (Fsp3) is 0.905. The van der Waals surface area contributed by atoms with Crippen molar-refractivity contribution in [2.24, 2.45) is 16.8 Å². The molecule has 0 aromatic carbocycles. The maximum absolute atomic E-state index is 11.6. The van der Waals surface area contributed by atoms with E-state index in [1.165, 1.54) is 32.5 Å². The monoisotopic (exact) mass is 525 g/mol. The molecule has 0 spiro atoms. The molecule has 0 aliphatic carbocycles. The van der Waals surface area contributed by atoms with Crippen LogP contribution in [0.5, 0.6) is 0 Å². The number of carbonyl (C=O) groups excluding carboxylic acids is 1. The fourth-order valence-electron chi connectivity index (χ4n) is 3.66. The maximum Gasteiger partial charge on any atom is 0.407 e. The number of alkyl carbamates (subject to hydrolysis) is 1. The number of rotatable bonds is 9. The molecule has 0 aromatic heterocycles. The summed E-state index contributed by atoms with van der Waals surface area (Å²) in [5, 5.41) is 9.41. The van der Waals surface area contributed by atoms with E-state index in [-0.39, 0.29) is 30.1 Å². The molecular weight excluding hydrogens is 481 g/mol. The number of nitrogens with one attached hydrogen (secondary N) is 3. The summed E-state index contributed by atoms with van der Waals surface area (Å²) in [5.74, 6) is 2.47. The SMILES string of the molecule is CN=C(NCCCCN1CC(C)CC(C)C1)NCCCNC(=O)OC(C)(C)C.I. The topological polar surface area (TPSA) is 78.0 Å². The molecule has 1 amide bonds. The highest BCUT2D eigenvalue weighted by Crippen LogP contribution is 2.20. The number of guanidine groups is 1. The normalized spacial score (nSPS) is 20.6. The van der Waals surface area contributed by atoms with Gasteiger partial charge in [-0.1, -0.05) is 13.8 Å². The Bertz CT molecular complexity index is 472. The van der Waals surface area contributed by atoms with Gasteiger partial charge in [-0.05, 0) is 64.8 Å². The van der Waals surface area contributed by atoms with E-state index in [9.17, 15) is 4.79 Å². The zero-order valence-electron chi connectivity index (χ0n) is 19.3. The van der Waals surface area contributed by atoms with Crippen LogP contribution < -0.4 is 16.0 Å². The fourth-order valence-corrected chi connectivity index (χ4v) is 3.66. The van der Waals surface area contributed by atoms with Crippen LogP contribution in [0, 0.1) is 11.8 Å². The summed E-state index contributed by atoms with van der Waals surface area (Å²) in [6.45, 7) is 16.2. The predicted molar refractivity (Wildman–Crippen MR) is 132 cm³/mol. The zero-order valence-corrected chi connectivity index (χ0v) is 21.7. The minimum atomic E-state index is -0.460. The molecule has 0 radical (unpaired) electrons. The third-order valence-electron chi connectivity index (χ3n) is 4.68. The van der Waals surface area contributed by atoms with Crippen LogP contribution in [-0.2, 0) is 4.74 Å². The second-order valence-electron chi connectivity index (χ2n) is 9.12. The number of likely N-dealkylation sites (tertiary alicyclic amines) is 1. The third-order valence-corrected chi connectivity index (χ3v) is 4.68. The first-order valence-electron chi connectivity index (χ1n) is 10.8. The quantitative estimate of drug-likeness (QED) is 0.186. The Morgan fingerprint density at radius 3 is 2.10 bits per heavy atom.